The molecule has 0 saturated carbocycles. The van der Waals surface area contributed by atoms with Crippen molar-refractivity contribution in [2.45, 2.75) is 43.0 Å². The van der Waals surface area contributed by atoms with Crippen LogP contribution in [0.3, 0.4) is 0 Å². The summed E-state index contributed by atoms with van der Waals surface area (Å²) in [5, 5.41) is 14.0. The van der Waals surface area contributed by atoms with Crippen LogP contribution in [0.5, 0.6) is 0 Å². The first-order chi connectivity index (χ1) is 15.3. The van der Waals surface area contributed by atoms with Gasteiger partial charge in [0.05, 0.1) is 28.8 Å². The van der Waals surface area contributed by atoms with E-state index in [1.807, 2.05) is 20.0 Å². The van der Waals surface area contributed by atoms with Crippen molar-refractivity contribution in [3.63, 3.8) is 0 Å². The molecule has 0 atom stereocenters. The van der Waals surface area contributed by atoms with Gasteiger partial charge in [-0.1, -0.05) is 42.4 Å². The van der Waals surface area contributed by atoms with Crippen molar-refractivity contribution >= 4 is 40.2 Å². The quantitative estimate of drug-likeness (QED) is 0.343. The number of carboxylic acid groups (broad SMARTS) is 1. The summed E-state index contributed by atoms with van der Waals surface area (Å²) in [5.41, 5.74) is 1.76. The van der Waals surface area contributed by atoms with Crippen LogP contribution in [0.25, 0.3) is 16.6 Å². The third-order valence-electron chi connectivity index (χ3n) is 5.13. The van der Waals surface area contributed by atoms with Crippen LogP contribution in [0, 0.1) is 18.6 Å². The van der Waals surface area contributed by atoms with Crippen LogP contribution in [0.4, 0.5) is 8.78 Å². The topological polar surface area (TPSA) is 60.0 Å². The lowest BCUT2D eigenvalue weighted by Crippen LogP contribution is -2.03. The average molecular weight is 476 g/mol. The number of carboxylic acids is 1. The number of rotatable bonds is 7. The summed E-state index contributed by atoms with van der Waals surface area (Å²) in [6.07, 6.45) is 3.98. The molecule has 5 nitrogen and oxygen atoms in total. The molecule has 2 heterocycles. The summed E-state index contributed by atoms with van der Waals surface area (Å²) in [6.45, 7) is 4.59. The third kappa shape index (κ3) is 4.00. The van der Waals surface area contributed by atoms with E-state index in [0.29, 0.717) is 21.7 Å². The number of nitrogens with zero attached hydrogens (tertiary/aromatic N) is 3. The Hall–Kier alpha value is -2.84. The molecule has 0 spiro atoms. The van der Waals surface area contributed by atoms with E-state index in [1.54, 1.807) is 33.6 Å². The highest BCUT2D eigenvalue weighted by molar-refractivity contribution is 7.99. The van der Waals surface area contributed by atoms with E-state index in [4.69, 9.17) is 16.7 Å². The zero-order valence-electron chi connectivity index (χ0n) is 17.4. The summed E-state index contributed by atoms with van der Waals surface area (Å²) in [7, 11) is 0. The predicted octanol–water partition coefficient (Wildman–Crippen LogP) is 6.26. The Morgan fingerprint density at radius 3 is 2.72 bits per heavy atom. The van der Waals surface area contributed by atoms with Gasteiger partial charge in [-0.15, -0.1) is 0 Å². The number of carbonyl (C=O) groups is 1. The Morgan fingerprint density at radius 2 is 2.00 bits per heavy atom. The first-order valence-corrected chi connectivity index (χ1v) is 11.2. The highest BCUT2D eigenvalue weighted by atomic mass is 35.5. The maximum atomic E-state index is 15.2. The van der Waals surface area contributed by atoms with Gasteiger partial charge in [-0.2, -0.15) is 5.10 Å². The van der Waals surface area contributed by atoms with Crippen molar-refractivity contribution in [3.05, 3.63) is 70.6 Å². The molecule has 0 aliphatic rings. The minimum Gasteiger partial charge on any atom is -0.481 e. The van der Waals surface area contributed by atoms with E-state index in [1.165, 1.54) is 12.1 Å². The average Bonchev–Trinajstić information content (AvgIpc) is 3.30. The van der Waals surface area contributed by atoms with Crippen LogP contribution in [-0.2, 0) is 17.8 Å². The van der Waals surface area contributed by atoms with Crippen molar-refractivity contribution in [3.8, 4) is 5.69 Å². The molecule has 166 valence electrons. The molecule has 32 heavy (non-hydrogen) atoms. The molecule has 1 N–H and O–H groups in total. The molecular weight excluding hydrogens is 456 g/mol. The Labute approximate surface area is 192 Å². The number of halogens is 3. The van der Waals surface area contributed by atoms with E-state index >= 15 is 8.78 Å². The Kier molecular flexibility index (Phi) is 6.26. The van der Waals surface area contributed by atoms with Gasteiger partial charge in [0.1, 0.15) is 5.82 Å². The van der Waals surface area contributed by atoms with Crippen molar-refractivity contribution in [2.75, 3.05) is 0 Å². The molecular formula is C23H20ClF2N3O2S. The zero-order valence-corrected chi connectivity index (χ0v) is 19.0. The lowest BCUT2D eigenvalue weighted by molar-refractivity contribution is -0.136. The lowest BCUT2D eigenvalue weighted by Gasteiger charge is -2.08. The van der Waals surface area contributed by atoms with Crippen LogP contribution < -0.4 is 0 Å². The van der Waals surface area contributed by atoms with Gasteiger partial charge in [-0.25, -0.2) is 8.78 Å². The van der Waals surface area contributed by atoms with Crippen molar-refractivity contribution in [1.82, 2.24) is 14.3 Å². The summed E-state index contributed by atoms with van der Waals surface area (Å²) >= 11 is 7.22. The highest BCUT2D eigenvalue weighted by Gasteiger charge is 2.23. The molecule has 0 fully saturated rings. The summed E-state index contributed by atoms with van der Waals surface area (Å²) in [4.78, 5) is 12.0. The molecule has 0 aliphatic heterocycles. The molecule has 0 unspecified atom stereocenters. The number of hydrogen-bond donors (Lipinski definition) is 1. The smallest absolute Gasteiger partial charge is 0.307 e. The van der Waals surface area contributed by atoms with Gasteiger partial charge in [-0.3, -0.25) is 9.48 Å². The van der Waals surface area contributed by atoms with Gasteiger partial charge in [0, 0.05) is 39.2 Å². The molecule has 9 heteroatoms. The molecule has 0 aliphatic carbocycles. The van der Waals surface area contributed by atoms with E-state index in [2.05, 4.69) is 5.10 Å². The van der Waals surface area contributed by atoms with Gasteiger partial charge < -0.3 is 9.67 Å². The first kappa shape index (κ1) is 22.4. The van der Waals surface area contributed by atoms with Gasteiger partial charge in [0.25, 0.3) is 0 Å². The van der Waals surface area contributed by atoms with Crippen LogP contribution in [0.1, 0.15) is 24.6 Å². The van der Waals surface area contributed by atoms with Crippen molar-refractivity contribution in [1.29, 1.82) is 0 Å². The first-order valence-electron chi connectivity index (χ1n) is 10.0. The zero-order chi connectivity index (χ0) is 23.0. The Morgan fingerprint density at radius 1 is 1.22 bits per heavy atom. The fourth-order valence-electron chi connectivity index (χ4n) is 3.72. The van der Waals surface area contributed by atoms with Crippen molar-refractivity contribution in [2.24, 2.45) is 0 Å². The van der Waals surface area contributed by atoms with E-state index in [9.17, 15) is 4.79 Å². The largest absolute Gasteiger partial charge is 0.481 e. The summed E-state index contributed by atoms with van der Waals surface area (Å²) < 4.78 is 33.7. The molecule has 0 amide bonds. The fourth-order valence-corrected chi connectivity index (χ4v) is 4.97. The van der Waals surface area contributed by atoms with Crippen LogP contribution in [-0.4, -0.2) is 25.4 Å². The summed E-state index contributed by atoms with van der Waals surface area (Å²) in [5.74, 6) is -2.27. The van der Waals surface area contributed by atoms with E-state index in [-0.39, 0.29) is 21.0 Å². The standard InChI is InChI=1S/C23H20ClF2N3O2S/c1-3-9-28-12-15(11-27-28)29-13(2)23(16-7-8-17(24)21(26)22(16)29)32-18-6-4-5-14(20(18)25)10-19(30)31/h4-8,11-12H,3,9-10H2,1-2H3,(H,30,31). The number of benzene rings is 2. The van der Waals surface area contributed by atoms with Gasteiger partial charge in [0.2, 0.25) is 0 Å². The Balaban J connectivity index is 1.89. The molecule has 2 aromatic carbocycles. The SMILES string of the molecule is CCCn1cc(-n2c(C)c(Sc3cccc(CC(=O)O)c3F)c3ccc(Cl)c(F)c32)cn1. The number of hydrogen-bond acceptors (Lipinski definition) is 3. The maximum absolute atomic E-state index is 15.2. The number of fused-ring (bicyclic) bond motifs is 1. The third-order valence-corrected chi connectivity index (χ3v) is 6.68. The second-order valence-corrected chi connectivity index (χ2v) is 8.83. The van der Waals surface area contributed by atoms with Gasteiger partial charge >= 0.3 is 5.97 Å². The highest BCUT2D eigenvalue weighted by Crippen LogP contribution is 2.42. The van der Waals surface area contributed by atoms with Gasteiger partial charge in [0.15, 0.2) is 5.82 Å². The second-order valence-electron chi connectivity index (χ2n) is 7.37. The monoisotopic (exact) mass is 475 g/mol. The number of aromatic nitrogens is 3. The minimum atomic E-state index is -1.11. The lowest BCUT2D eigenvalue weighted by atomic mass is 10.1. The normalized spacial score (nSPS) is 11.4. The van der Waals surface area contributed by atoms with Gasteiger partial charge in [-0.05, 0) is 31.5 Å². The van der Waals surface area contributed by atoms with Crippen LogP contribution in [0.15, 0.2) is 52.5 Å². The fraction of sp³-hybridized carbons (Fsp3) is 0.217. The number of aryl methyl sites for hydroxylation is 1. The number of aliphatic carboxylic acids is 1. The molecule has 4 rings (SSSR count). The Bertz CT molecular complexity index is 1330. The van der Waals surface area contributed by atoms with E-state index < -0.39 is 24.0 Å². The predicted molar refractivity (Wildman–Crippen MR) is 121 cm³/mol. The van der Waals surface area contributed by atoms with Crippen molar-refractivity contribution < 1.29 is 18.7 Å². The molecule has 0 saturated heterocycles. The second kappa shape index (κ2) is 8.96. The minimum absolute atomic E-state index is 0.0108. The maximum Gasteiger partial charge on any atom is 0.307 e. The summed E-state index contributed by atoms with van der Waals surface area (Å²) in [6, 6.07) is 7.84. The van der Waals surface area contributed by atoms with Crippen LogP contribution in [0.2, 0.25) is 5.02 Å². The van der Waals surface area contributed by atoms with E-state index in [0.717, 1.165) is 24.7 Å². The van der Waals surface area contributed by atoms with Crippen LogP contribution >= 0.6 is 23.4 Å². The molecule has 4 aromatic rings. The molecule has 0 bridgehead atoms. The molecule has 0 radical (unpaired) electrons. The molecule has 2 aromatic heterocycles.